The van der Waals surface area contributed by atoms with Gasteiger partial charge in [0.15, 0.2) is 5.82 Å². The molecule has 22 heavy (non-hydrogen) atoms. The molecule has 8 heteroatoms. The molecule has 0 atom stereocenters. The van der Waals surface area contributed by atoms with Crippen LogP contribution in [0.5, 0.6) is 0 Å². The standard InChI is InChI=1S/C14H12Cl2N4O2/c1-8-3-4-10(5-13(8)20(21)22)9(2)18-19-14-12(16)6-11(15)7-17-14/h3-7H,1-2H3,(H,17,19)/b18-9-. The molecule has 1 aromatic carbocycles. The molecule has 0 bridgehead atoms. The zero-order valence-corrected chi connectivity index (χ0v) is 13.3. The first kappa shape index (κ1) is 16.2. The molecule has 1 N–H and O–H groups in total. The SMILES string of the molecule is C/C(=N/Nc1ncc(Cl)cc1Cl)c1ccc(C)c([N+](=O)[O-])c1. The minimum Gasteiger partial charge on any atom is -0.260 e. The Balaban J connectivity index is 2.25. The third kappa shape index (κ3) is 3.72. The molecule has 1 heterocycles. The van der Waals surface area contributed by atoms with Crippen molar-refractivity contribution in [3.63, 3.8) is 0 Å². The molecule has 0 aliphatic heterocycles. The average Bonchev–Trinajstić information content (AvgIpc) is 2.46. The van der Waals surface area contributed by atoms with E-state index in [0.29, 0.717) is 32.7 Å². The van der Waals surface area contributed by atoms with Crippen LogP contribution >= 0.6 is 23.2 Å². The Morgan fingerprint density at radius 1 is 1.36 bits per heavy atom. The summed E-state index contributed by atoms with van der Waals surface area (Å²) in [5, 5.41) is 15.9. The summed E-state index contributed by atoms with van der Waals surface area (Å²) in [7, 11) is 0. The van der Waals surface area contributed by atoms with Gasteiger partial charge < -0.3 is 0 Å². The van der Waals surface area contributed by atoms with Crippen LogP contribution in [0.4, 0.5) is 11.5 Å². The van der Waals surface area contributed by atoms with E-state index in [1.165, 1.54) is 12.3 Å². The first-order valence-corrected chi connectivity index (χ1v) is 7.01. The Morgan fingerprint density at radius 3 is 2.73 bits per heavy atom. The lowest BCUT2D eigenvalue weighted by Gasteiger charge is -2.05. The van der Waals surface area contributed by atoms with Crippen molar-refractivity contribution >= 4 is 40.4 Å². The fraction of sp³-hybridized carbons (Fsp3) is 0.143. The number of rotatable bonds is 4. The normalized spacial score (nSPS) is 11.4. The molecule has 2 rings (SSSR count). The number of nitrogens with zero attached hydrogens (tertiary/aromatic N) is 3. The van der Waals surface area contributed by atoms with Crippen LogP contribution in [-0.2, 0) is 0 Å². The van der Waals surface area contributed by atoms with Gasteiger partial charge in [0.25, 0.3) is 5.69 Å². The summed E-state index contributed by atoms with van der Waals surface area (Å²) in [5.41, 5.74) is 4.56. The van der Waals surface area contributed by atoms with Crippen LogP contribution in [0.25, 0.3) is 0 Å². The molecule has 0 aliphatic carbocycles. The number of hydrogen-bond donors (Lipinski definition) is 1. The van der Waals surface area contributed by atoms with E-state index in [1.54, 1.807) is 32.0 Å². The third-order valence-corrected chi connectivity index (χ3v) is 3.46. The van der Waals surface area contributed by atoms with E-state index in [-0.39, 0.29) is 5.69 Å². The van der Waals surface area contributed by atoms with Crippen LogP contribution in [0, 0.1) is 17.0 Å². The van der Waals surface area contributed by atoms with Crippen molar-refractivity contribution in [3.05, 3.63) is 61.7 Å². The molecule has 0 saturated carbocycles. The number of nitro benzene ring substituents is 1. The van der Waals surface area contributed by atoms with Gasteiger partial charge in [-0.15, -0.1) is 0 Å². The number of halogens is 2. The van der Waals surface area contributed by atoms with Crippen LogP contribution in [-0.4, -0.2) is 15.6 Å². The van der Waals surface area contributed by atoms with Gasteiger partial charge in [-0.3, -0.25) is 15.5 Å². The summed E-state index contributed by atoms with van der Waals surface area (Å²) in [5.74, 6) is 0.354. The number of nitro groups is 1. The number of benzene rings is 1. The Labute approximate surface area is 136 Å². The topological polar surface area (TPSA) is 80.4 Å². The maximum atomic E-state index is 11.0. The fourth-order valence-corrected chi connectivity index (χ4v) is 2.15. The third-order valence-electron chi connectivity index (χ3n) is 2.96. The zero-order valence-electron chi connectivity index (χ0n) is 11.8. The highest BCUT2D eigenvalue weighted by atomic mass is 35.5. The number of hydrazone groups is 1. The molecule has 6 nitrogen and oxygen atoms in total. The Kier molecular flexibility index (Phi) is 4.95. The lowest BCUT2D eigenvalue weighted by atomic mass is 10.1. The summed E-state index contributed by atoms with van der Waals surface area (Å²) >= 11 is 11.7. The van der Waals surface area contributed by atoms with Gasteiger partial charge in [-0.05, 0) is 19.9 Å². The van der Waals surface area contributed by atoms with Gasteiger partial charge in [0.1, 0.15) is 0 Å². The van der Waals surface area contributed by atoms with Crippen LogP contribution in [0.2, 0.25) is 10.0 Å². The van der Waals surface area contributed by atoms with Crippen molar-refractivity contribution in [1.82, 2.24) is 4.98 Å². The summed E-state index contributed by atoms with van der Waals surface area (Å²) in [4.78, 5) is 14.6. The summed E-state index contributed by atoms with van der Waals surface area (Å²) in [6, 6.07) is 6.46. The minimum absolute atomic E-state index is 0.0506. The smallest absolute Gasteiger partial charge is 0.260 e. The first-order chi connectivity index (χ1) is 10.4. The zero-order chi connectivity index (χ0) is 16.3. The number of aromatic nitrogens is 1. The van der Waals surface area contributed by atoms with Gasteiger partial charge >= 0.3 is 0 Å². The lowest BCUT2D eigenvalue weighted by Crippen LogP contribution is -2.02. The Bertz CT molecular complexity index is 763. The predicted molar refractivity (Wildman–Crippen MR) is 87.9 cm³/mol. The molecule has 0 radical (unpaired) electrons. The molecular weight excluding hydrogens is 327 g/mol. The second-order valence-corrected chi connectivity index (χ2v) is 5.39. The Hall–Kier alpha value is -2.18. The van der Waals surface area contributed by atoms with Crippen LogP contribution in [0.3, 0.4) is 0 Å². The highest BCUT2D eigenvalue weighted by Gasteiger charge is 2.12. The molecule has 114 valence electrons. The summed E-state index contributed by atoms with van der Waals surface area (Å²) < 4.78 is 0. The lowest BCUT2D eigenvalue weighted by molar-refractivity contribution is -0.385. The quantitative estimate of drug-likeness (QED) is 0.507. The summed E-state index contributed by atoms with van der Waals surface area (Å²) in [6.07, 6.45) is 1.44. The number of hydrogen-bond acceptors (Lipinski definition) is 5. The molecule has 1 aromatic heterocycles. The van der Waals surface area contributed by atoms with Gasteiger partial charge in [0.05, 0.1) is 20.7 Å². The predicted octanol–water partition coefficient (Wildman–Crippen LogP) is 4.44. The van der Waals surface area contributed by atoms with Gasteiger partial charge in [0, 0.05) is 23.4 Å². The second kappa shape index (κ2) is 6.72. The van der Waals surface area contributed by atoms with E-state index >= 15 is 0 Å². The van der Waals surface area contributed by atoms with Gasteiger partial charge in [-0.2, -0.15) is 5.10 Å². The Morgan fingerprint density at radius 2 is 2.09 bits per heavy atom. The number of aryl methyl sites for hydroxylation is 1. The average molecular weight is 339 g/mol. The highest BCUT2D eigenvalue weighted by molar-refractivity contribution is 6.35. The van der Waals surface area contributed by atoms with Crippen molar-refractivity contribution < 1.29 is 4.92 Å². The van der Waals surface area contributed by atoms with E-state index in [1.807, 2.05) is 0 Å². The number of nitrogens with one attached hydrogen (secondary N) is 1. The van der Waals surface area contributed by atoms with Crippen molar-refractivity contribution in [3.8, 4) is 0 Å². The molecule has 2 aromatic rings. The first-order valence-electron chi connectivity index (χ1n) is 6.25. The fourth-order valence-electron chi connectivity index (χ4n) is 1.73. The van der Waals surface area contributed by atoms with Crippen LogP contribution in [0.15, 0.2) is 35.6 Å². The molecule has 0 unspecified atom stereocenters. The van der Waals surface area contributed by atoms with E-state index in [2.05, 4.69) is 15.5 Å². The van der Waals surface area contributed by atoms with Crippen LogP contribution < -0.4 is 5.43 Å². The second-order valence-electron chi connectivity index (χ2n) is 4.55. The van der Waals surface area contributed by atoms with Crippen molar-refractivity contribution in [2.45, 2.75) is 13.8 Å². The molecule has 0 amide bonds. The molecule has 0 aliphatic rings. The minimum atomic E-state index is -0.419. The van der Waals surface area contributed by atoms with Crippen molar-refractivity contribution in [1.29, 1.82) is 0 Å². The molecule has 0 fully saturated rings. The van der Waals surface area contributed by atoms with Crippen molar-refractivity contribution in [2.75, 3.05) is 5.43 Å². The molecule has 0 saturated heterocycles. The maximum absolute atomic E-state index is 11.0. The van der Waals surface area contributed by atoms with Gasteiger partial charge in [0.2, 0.25) is 0 Å². The van der Waals surface area contributed by atoms with E-state index in [0.717, 1.165) is 0 Å². The van der Waals surface area contributed by atoms with E-state index in [4.69, 9.17) is 23.2 Å². The van der Waals surface area contributed by atoms with E-state index in [9.17, 15) is 10.1 Å². The molecule has 0 spiro atoms. The summed E-state index contributed by atoms with van der Waals surface area (Å²) in [6.45, 7) is 3.41. The number of pyridine rings is 1. The van der Waals surface area contributed by atoms with Gasteiger partial charge in [-0.1, -0.05) is 35.3 Å². The van der Waals surface area contributed by atoms with Crippen LogP contribution in [0.1, 0.15) is 18.1 Å². The van der Waals surface area contributed by atoms with Crippen molar-refractivity contribution in [2.24, 2.45) is 5.10 Å². The maximum Gasteiger partial charge on any atom is 0.272 e. The molecular formula is C14H12Cl2N4O2. The highest BCUT2D eigenvalue weighted by Crippen LogP contribution is 2.23. The van der Waals surface area contributed by atoms with E-state index < -0.39 is 4.92 Å². The largest absolute Gasteiger partial charge is 0.272 e. The monoisotopic (exact) mass is 338 g/mol. The van der Waals surface area contributed by atoms with Gasteiger partial charge in [-0.25, -0.2) is 4.98 Å². The number of anilines is 1.